The van der Waals surface area contributed by atoms with Gasteiger partial charge in [0.15, 0.2) is 0 Å². The summed E-state index contributed by atoms with van der Waals surface area (Å²) in [7, 11) is -0.789. The highest BCUT2D eigenvalue weighted by Gasteiger charge is 2.22. The molecule has 0 bridgehead atoms. The minimum Gasteiger partial charge on any atom is -0.302 e. The number of piperidine rings is 1. The van der Waals surface area contributed by atoms with Crippen LogP contribution in [-0.2, 0) is 9.84 Å². The summed E-state index contributed by atoms with van der Waals surface area (Å²) in [5.74, 6) is 0.323. The average molecular weight is 191 g/mol. The first kappa shape index (κ1) is 9.99. The Morgan fingerprint density at radius 1 is 1.42 bits per heavy atom. The van der Waals surface area contributed by atoms with Crippen molar-refractivity contribution in [2.45, 2.75) is 25.3 Å². The van der Waals surface area contributed by atoms with Crippen LogP contribution in [0.5, 0.6) is 0 Å². The van der Waals surface area contributed by atoms with Crippen molar-refractivity contribution in [3.8, 4) is 0 Å². The summed E-state index contributed by atoms with van der Waals surface area (Å²) < 4.78 is 22.0. The number of sulfone groups is 1. The van der Waals surface area contributed by atoms with Crippen molar-refractivity contribution >= 4 is 9.84 Å². The summed E-state index contributed by atoms with van der Waals surface area (Å²) >= 11 is 0. The normalized spacial score (nSPS) is 27.3. The van der Waals surface area contributed by atoms with Crippen LogP contribution in [0.4, 0.5) is 0 Å². The van der Waals surface area contributed by atoms with Crippen LogP contribution in [0, 0.1) is 0 Å². The van der Waals surface area contributed by atoms with Crippen LogP contribution in [0.15, 0.2) is 0 Å². The zero-order valence-electron chi connectivity index (χ0n) is 7.78. The molecule has 0 unspecified atom stereocenters. The Labute approximate surface area is 74.7 Å². The van der Waals surface area contributed by atoms with Crippen molar-refractivity contribution in [2.75, 3.05) is 25.6 Å². The predicted molar refractivity (Wildman–Crippen MR) is 50.0 cm³/mol. The van der Waals surface area contributed by atoms with Crippen molar-refractivity contribution in [3.05, 3.63) is 0 Å². The fourth-order valence-corrected chi connectivity index (χ4v) is 2.82. The third-order valence-corrected chi connectivity index (χ3v) is 3.41. The third-order valence-electron chi connectivity index (χ3n) is 2.42. The SMILES string of the molecule is CN1CCCC[C@@H]1CS(C)(=O)=O. The quantitative estimate of drug-likeness (QED) is 0.638. The van der Waals surface area contributed by atoms with E-state index in [-0.39, 0.29) is 6.04 Å². The maximum absolute atomic E-state index is 11.0. The zero-order chi connectivity index (χ0) is 9.19. The molecule has 0 N–H and O–H groups in total. The van der Waals surface area contributed by atoms with E-state index in [1.807, 2.05) is 7.05 Å². The van der Waals surface area contributed by atoms with Crippen LogP contribution in [0.3, 0.4) is 0 Å². The highest BCUT2D eigenvalue weighted by atomic mass is 32.2. The molecule has 12 heavy (non-hydrogen) atoms. The fourth-order valence-electron chi connectivity index (χ4n) is 1.70. The zero-order valence-corrected chi connectivity index (χ0v) is 8.60. The summed E-state index contributed by atoms with van der Waals surface area (Å²) in [5, 5.41) is 0. The van der Waals surface area contributed by atoms with Crippen LogP contribution < -0.4 is 0 Å². The fraction of sp³-hybridized carbons (Fsp3) is 1.00. The van der Waals surface area contributed by atoms with Gasteiger partial charge in [-0.05, 0) is 26.4 Å². The Morgan fingerprint density at radius 3 is 2.58 bits per heavy atom. The molecule has 72 valence electrons. The van der Waals surface area contributed by atoms with Crippen LogP contribution >= 0.6 is 0 Å². The summed E-state index contributed by atoms with van der Waals surface area (Å²) in [4.78, 5) is 2.16. The molecule has 1 atom stereocenters. The van der Waals surface area contributed by atoms with Crippen molar-refractivity contribution in [3.63, 3.8) is 0 Å². The molecule has 1 fully saturated rings. The molecular weight excluding hydrogens is 174 g/mol. The van der Waals surface area contributed by atoms with E-state index in [2.05, 4.69) is 4.90 Å². The van der Waals surface area contributed by atoms with Crippen molar-refractivity contribution in [1.82, 2.24) is 4.90 Å². The third kappa shape index (κ3) is 3.11. The molecule has 0 aromatic rings. The van der Waals surface area contributed by atoms with Gasteiger partial charge in [-0.15, -0.1) is 0 Å². The number of nitrogens with zero attached hydrogens (tertiary/aromatic N) is 1. The standard InChI is InChI=1S/C8H17NO2S/c1-9-6-4-3-5-8(9)7-12(2,10)11/h8H,3-7H2,1-2H3/t8-/m1/s1. The van der Waals surface area contributed by atoms with Crippen LogP contribution in [-0.4, -0.2) is 45.0 Å². The van der Waals surface area contributed by atoms with E-state index in [9.17, 15) is 8.42 Å². The highest BCUT2D eigenvalue weighted by Crippen LogP contribution is 2.15. The maximum Gasteiger partial charge on any atom is 0.148 e. The first-order valence-corrected chi connectivity index (χ1v) is 6.43. The molecule has 0 aromatic carbocycles. The molecule has 1 aliphatic rings. The minimum absolute atomic E-state index is 0.258. The molecule has 0 saturated carbocycles. The van der Waals surface area contributed by atoms with E-state index >= 15 is 0 Å². The van der Waals surface area contributed by atoms with Gasteiger partial charge in [0.25, 0.3) is 0 Å². The topological polar surface area (TPSA) is 37.4 Å². The number of likely N-dealkylation sites (tertiary alicyclic amines) is 1. The van der Waals surface area contributed by atoms with E-state index in [0.717, 1.165) is 13.0 Å². The van der Waals surface area contributed by atoms with Gasteiger partial charge in [-0.25, -0.2) is 8.42 Å². The molecule has 4 heteroatoms. The van der Waals surface area contributed by atoms with Gasteiger partial charge < -0.3 is 4.90 Å². The summed E-state index contributed by atoms with van der Waals surface area (Å²) in [6.45, 7) is 1.04. The number of rotatable bonds is 2. The molecule has 1 aliphatic heterocycles. The van der Waals surface area contributed by atoms with E-state index in [4.69, 9.17) is 0 Å². The summed E-state index contributed by atoms with van der Waals surface area (Å²) in [5.41, 5.74) is 0. The molecule has 0 radical (unpaired) electrons. The van der Waals surface area contributed by atoms with Crippen molar-refractivity contribution < 1.29 is 8.42 Å². The minimum atomic E-state index is -2.80. The lowest BCUT2D eigenvalue weighted by atomic mass is 10.1. The van der Waals surface area contributed by atoms with E-state index in [0.29, 0.717) is 5.75 Å². The van der Waals surface area contributed by atoms with Crippen molar-refractivity contribution in [1.29, 1.82) is 0 Å². The van der Waals surface area contributed by atoms with Gasteiger partial charge in [-0.3, -0.25) is 0 Å². The highest BCUT2D eigenvalue weighted by molar-refractivity contribution is 7.90. The molecule has 3 nitrogen and oxygen atoms in total. The smallest absolute Gasteiger partial charge is 0.148 e. The maximum atomic E-state index is 11.0. The molecule has 1 saturated heterocycles. The molecular formula is C8H17NO2S. The Morgan fingerprint density at radius 2 is 2.08 bits per heavy atom. The van der Waals surface area contributed by atoms with Gasteiger partial charge in [0.2, 0.25) is 0 Å². The van der Waals surface area contributed by atoms with E-state index in [1.54, 1.807) is 0 Å². The predicted octanol–water partition coefficient (Wildman–Crippen LogP) is 0.515. The molecule has 1 heterocycles. The molecule has 0 spiro atoms. The number of hydrogen-bond donors (Lipinski definition) is 0. The van der Waals surface area contributed by atoms with Gasteiger partial charge in [-0.1, -0.05) is 6.42 Å². The largest absolute Gasteiger partial charge is 0.302 e. The second-order valence-corrected chi connectivity index (χ2v) is 5.91. The van der Waals surface area contributed by atoms with Gasteiger partial charge in [-0.2, -0.15) is 0 Å². The van der Waals surface area contributed by atoms with Crippen molar-refractivity contribution in [2.24, 2.45) is 0 Å². The van der Waals surface area contributed by atoms with Crippen LogP contribution in [0.1, 0.15) is 19.3 Å². The lowest BCUT2D eigenvalue weighted by molar-refractivity contribution is 0.202. The monoisotopic (exact) mass is 191 g/mol. The number of hydrogen-bond acceptors (Lipinski definition) is 3. The van der Waals surface area contributed by atoms with Gasteiger partial charge in [0.1, 0.15) is 9.84 Å². The summed E-state index contributed by atoms with van der Waals surface area (Å²) in [6, 6.07) is 0.258. The van der Waals surface area contributed by atoms with E-state index < -0.39 is 9.84 Å². The van der Waals surface area contributed by atoms with Gasteiger partial charge in [0, 0.05) is 12.3 Å². The van der Waals surface area contributed by atoms with Crippen LogP contribution in [0.2, 0.25) is 0 Å². The Kier molecular flexibility index (Phi) is 3.12. The second-order valence-electron chi connectivity index (χ2n) is 3.72. The first-order valence-electron chi connectivity index (χ1n) is 4.37. The van der Waals surface area contributed by atoms with Gasteiger partial charge >= 0.3 is 0 Å². The van der Waals surface area contributed by atoms with Crippen LogP contribution in [0.25, 0.3) is 0 Å². The lowest BCUT2D eigenvalue weighted by Gasteiger charge is -2.31. The molecule has 1 rings (SSSR count). The molecule has 0 amide bonds. The Bertz CT molecular complexity index is 235. The average Bonchev–Trinajstić information content (AvgIpc) is 1.91. The Hall–Kier alpha value is -0.0900. The molecule has 0 aromatic heterocycles. The first-order chi connectivity index (χ1) is 5.49. The Balaban J connectivity index is 2.50. The second kappa shape index (κ2) is 3.75. The van der Waals surface area contributed by atoms with E-state index in [1.165, 1.54) is 19.1 Å². The summed E-state index contributed by atoms with van der Waals surface area (Å²) in [6.07, 6.45) is 4.72. The molecule has 0 aliphatic carbocycles. The lowest BCUT2D eigenvalue weighted by Crippen LogP contribution is -2.40. The van der Waals surface area contributed by atoms with Gasteiger partial charge in [0.05, 0.1) is 5.75 Å².